The fraction of sp³-hybridized carbons (Fsp3) is 0.632. The molecule has 3 aliphatic heterocycles. The molecule has 1 aromatic rings. The fourth-order valence-corrected chi connectivity index (χ4v) is 4.32. The molecule has 0 unspecified atom stereocenters. The highest BCUT2D eigenvalue weighted by Crippen LogP contribution is 2.26. The van der Waals surface area contributed by atoms with Gasteiger partial charge in [-0.25, -0.2) is 0 Å². The summed E-state index contributed by atoms with van der Waals surface area (Å²) in [6.45, 7) is 3.83. The molecule has 0 aromatic carbocycles. The first-order valence-corrected chi connectivity index (χ1v) is 9.56. The second kappa shape index (κ2) is 7.72. The Morgan fingerprint density at radius 3 is 2.65 bits per heavy atom. The van der Waals surface area contributed by atoms with Crippen LogP contribution in [0.2, 0.25) is 0 Å². The number of hydrogen-bond donors (Lipinski definition) is 1. The highest BCUT2D eigenvalue weighted by molar-refractivity contribution is 5.86. The Balaban J connectivity index is 1.42. The van der Waals surface area contributed by atoms with Crippen molar-refractivity contribution in [3.63, 3.8) is 0 Å². The first kappa shape index (κ1) is 17.4. The van der Waals surface area contributed by atoms with Gasteiger partial charge < -0.3 is 19.9 Å². The molecule has 7 nitrogen and oxygen atoms in total. The van der Waals surface area contributed by atoms with Crippen LogP contribution in [0.25, 0.3) is 0 Å². The molecule has 0 spiro atoms. The van der Waals surface area contributed by atoms with E-state index >= 15 is 0 Å². The van der Waals surface area contributed by atoms with Gasteiger partial charge in [-0.1, -0.05) is 6.07 Å². The molecule has 4 rings (SSSR count). The number of amides is 2. The van der Waals surface area contributed by atoms with Crippen molar-refractivity contribution in [3.05, 3.63) is 30.1 Å². The van der Waals surface area contributed by atoms with Gasteiger partial charge in [0.25, 0.3) is 5.91 Å². The van der Waals surface area contributed by atoms with E-state index in [-0.39, 0.29) is 18.4 Å². The summed E-state index contributed by atoms with van der Waals surface area (Å²) in [5.41, 5.74) is 0.797. The Morgan fingerprint density at radius 2 is 1.96 bits per heavy atom. The molecule has 0 saturated carbocycles. The SMILES string of the molecule is O=C1CO[C@H](C(=O)N2CCC(N3CCCC3)CC2)[C@@H](c2cccnc2)N1. The van der Waals surface area contributed by atoms with Gasteiger partial charge in [0.2, 0.25) is 5.91 Å². The lowest BCUT2D eigenvalue weighted by Gasteiger charge is -2.40. The van der Waals surface area contributed by atoms with Crippen molar-refractivity contribution in [2.75, 3.05) is 32.8 Å². The number of morpholine rings is 1. The molecule has 140 valence electrons. The van der Waals surface area contributed by atoms with Gasteiger partial charge in [-0.2, -0.15) is 0 Å². The molecule has 1 aromatic heterocycles. The number of ether oxygens (including phenoxy) is 1. The van der Waals surface area contributed by atoms with Gasteiger partial charge in [0.15, 0.2) is 6.10 Å². The molecule has 26 heavy (non-hydrogen) atoms. The molecule has 3 aliphatic rings. The van der Waals surface area contributed by atoms with Crippen LogP contribution in [0.4, 0.5) is 0 Å². The number of hydrogen-bond acceptors (Lipinski definition) is 5. The number of nitrogens with one attached hydrogen (secondary N) is 1. The maximum Gasteiger partial charge on any atom is 0.254 e. The molecular weight excluding hydrogens is 332 g/mol. The lowest BCUT2D eigenvalue weighted by Crippen LogP contribution is -2.55. The predicted molar refractivity (Wildman–Crippen MR) is 95.3 cm³/mol. The summed E-state index contributed by atoms with van der Waals surface area (Å²) in [7, 11) is 0. The van der Waals surface area contributed by atoms with E-state index in [9.17, 15) is 9.59 Å². The lowest BCUT2D eigenvalue weighted by atomic mass is 9.98. The van der Waals surface area contributed by atoms with Crippen LogP contribution >= 0.6 is 0 Å². The summed E-state index contributed by atoms with van der Waals surface area (Å²) in [6, 6.07) is 3.79. The van der Waals surface area contributed by atoms with E-state index < -0.39 is 12.1 Å². The fourth-order valence-electron chi connectivity index (χ4n) is 4.32. The van der Waals surface area contributed by atoms with E-state index in [0.29, 0.717) is 6.04 Å². The largest absolute Gasteiger partial charge is 0.356 e. The monoisotopic (exact) mass is 358 g/mol. The van der Waals surface area contributed by atoms with Crippen molar-refractivity contribution in [2.24, 2.45) is 0 Å². The summed E-state index contributed by atoms with van der Waals surface area (Å²) < 4.78 is 5.66. The van der Waals surface area contributed by atoms with Crippen LogP contribution in [-0.2, 0) is 14.3 Å². The van der Waals surface area contributed by atoms with E-state index in [2.05, 4.69) is 15.2 Å². The number of carbonyl (C=O) groups excluding carboxylic acids is 2. The molecule has 0 bridgehead atoms. The number of likely N-dealkylation sites (tertiary alicyclic amines) is 2. The molecule has 0 radical (unpaired) electrons. The molecule has 4 heterocycles. The van der Waals surface area contributed by atoms with Gasteiger partial charge in [-0.3, -0.25) is 14.6 Å². The smallest absolute Gasteiger partial charge is 0.254 e. The number of piperidine rings is 1. The Kier molecular flexibility index (Phi) is 5.17. The second-order valence-corrected chi connectivity index (χ2v) is 7.36. The molecule has 1 N–H and O–H groups in total. The van der Waals surface area contributed by atoms with Gasteiger partial charge >= 0.3 is 0 Å². The van der Waals surface area contributed by atoms with Crippen molar-refractivity contribution >= 4 is 11.8 Å². The molecular formula is C19H26N4O3. The highest BCUT2D eigenvalue weighted by atomic mass is 16.5. The van der Waals surface area contributed by atoms with E-state index in [4.69, 9.17) is 4.74 Å². The zero-order chi connectivity index (χ0) is 17.9. The third-order valence-corrected chi connectivity index (χ3v) is 5.73. The third-order valence-electron chi connectivity index (χ3n) is 5.73. The Bertz CT molecular complexity index is 639. The average Bonchev–Trinajstić information content (AvgIpc) is 3.23. The summed E-state index contributed by atoms with van der Waals surface area (Å²) in [4.78, 5) is 33.5. The topological polar surface area (TPSA) is 74.8 Å². The standard InChI is InChI=1S/C19H26N4O3/c24-16-13-26-18(17(21-16)14-4-3-7-20-12-14)19(25)23-10-5-15(6-11-23)22-8-1-2-9-22/h3-4,7,12,15,17-18H,1-2,5-6,8-11,13H2,(H,21,24)/t17-,18+/m1/s1. The highest BCUT2D eigenvalue weighted by Gasteiger charge is 2.39. The van der Waals surface area contributed by atoms with E-state index in [0.717, 1.165) is 31.5 Å². The number of carbonyl (C=O) groups is 2. The zero-order valence-electron chi connectivity index (χ0n) is 15.0. The number of pyridine rings is 1. The summed E-state index contributed by atoms with van der Waals surface area (Å²) in [6.07, 6.45) is 7.29. The first-order chi connectivity index (χ1) is 12.7. The predicted octanol–water partition coefficient (Wildman–Crippen LogP) is 0.725. The van der Waals surface area contributed by atoms with Crippen molar-refractivity contribution < 1.29 is 14.3 Å². The molecule has 7 heteroatoms. The van der Waals surface area contributed by atoms with Crippen molar-refractivity contribution in [1.82, 2.24) is 20.1 Å². The van der Waals surface area contributed by atoms with Crippen LogP contribution in [0.15, 0.2) is 24.5 Å². The van der Waals surface area contributed by atoms with Crippen molar-refractivity contribution in [2.45, 2.75) is 43.9 Å². The van der Waals surface area contributed by atoms with Crippen molar-refractivity contribution in [1.29, 1.82) is 0 Å². The Labute approximate surface area is 153 Å². The normalized spacial score (nSPS) is 28.2. The number of rotatable bonds is 3. The van der Waals surface area contributed by atoms with Crippen LogP contribution in [0.1, 0.15) is 37.3 Å². The first-order valence-electron chi connectivity index (χ1n) is 9.56. The second-order valence-electron chi connectivity index (χ2n) is 7.36. The molecule has 3 fully saturated rings. The Morgan fingerprint density at radius 1 is 1.19 bits per heavy atom. The van der Waals surface area contributed by atoms with Gasteiger partial charge in [-0.15, -0.1) is 0 Å². The molecule has 2 amide bonds. The van der Waals surface area contributed by atoms with Crippen LogP contribution in [0.5, 0.6) is 0 Å². The minimum Gasteiger partial charge on any atom is -0.356 e. The third kappa shape index (κ3) is 3.59. The lowest BCUT2D eigenvalue weighted by molar-refractivity contribution is -0.156. The van der Waals surface area contributed by atoms with Gasteiger partial charge in [0.1, 0.15) is 6.61 Å². The number of aromatic nitrogens is 1. The van der Waals surface area contributed by atoms with Gasteiger partial charge in [0, 0.05) is 31.5 Å². The van der Waals surface area contributed by atoms with Crippen LogP contribution in [0.3, 0.4) is 0 Å². The molecule has 0 aliphatic carbocycles. The summed E-state index contributed by atoms with van der Waals surface area (Å²) in [5, 5.41) is 2.90. The minimum absolute atomic E-state index is 0.0290. The summed E-state index contributed by atoms with van der Waals surface area (Å²) >= 11 is 0. The molecule has 2 atom stereocenters. The van der Waals surface area contributed by atoms with Crippen molar-refractivity contribution in [3.8, 4) is 0 Å². The van der Waals surface area contributed by atoms with Gasteiger partial charge in [0.05, 0.1) is 6.04 Å². The van der Waals surface area contributed by atoms with E-state index in [1.54, 1.807) is 18.5 Å². The van der Waals surface area contributed by atoms with E-state index in [1.165, 1.54) is 25.9 Å². The average molecular weight is 358 g/mol. The van der Waals surface area contributed by atoms with Gasteiger partial charge in [-0.05, 0) is 50.4 Å². The molecule has 3 saturated heterocycles. The summed E-state index contributed by atoms with van der Waals surface area (Å²) in [5.74, 6) is -0.227. The number of nitrogens with zero attached hydrogens (tertiary/aromatic N) is 3. The quantitative estimate of drug-likeness (QED) is 0.862. The van der Waals surface area contributed by atoms with Crippen LogP contribution in [0, 0.1) is 0 Å². The minimum atomic E-state index is -0.680. The van der Waals surface area contributed by atoms with Crippen LogP contribution < -0.4 is 5.32 Å². The van der Waals surface area contributed by atoms with E-state index in [1.807, 2.05) is 11.0 Å². The maximum atomic E-state index is 13.1. The zero-order valence-corrected chi connectivity index (χ0v) is 15.0. The Hall–Kier alpha value is -1.99. The maximum absolute atomic E-state index is 13.1. The van der Waals surface area contributed by atoms with Crippen LogP contribution in [-0.4, -0.2) is 71.5 Å².